The molecule has 20 heavy (non-hydrogen) atoms. The summed E-state index contributed by atoms with van der Waals surface area (Å²) in [6.45, 7) is 3.28. The summed E-state index contributed by atoms with van der Waals surface area (Å²) in [5, 5.41) is 8.92. The molecule has 2 aliphatic heterocycles. The van der Waals surface area contributed by atoms with E-state index in [1.807, 2.05) is 0 Å². The largest absolute Gasteiger partial charge is 0.481 e. The van der Waals surface area contributed by atoms with Crippen molar-refractivity contribution in [2.45, 2.75) is 18.9 Å². The summed E-state index contributed by atoms with van der Waals surface area (Å²) >= 11 is 0. The summed E-state index contributed by atoms with van der Waals surface area (Å²) in [6.07, 6.45) is 0.870. The predicted octanol–water partition coefficient (Wildman–Crippen LogP) is 0.250. The van der Waals surface area contributed by atoms with Crippen molar-refractivity contribution < 1.29 is 24.2 Å². The Kier molecular flexibility index (Phi) is 5.19. The molecule has 2 saturated heterocycles. The Hall–Kier alpha value is -1.34. The van der Waals surface area contributed by atoms with Crippen molar-refractivity contribution in [3.8, 4) is 0 Å². The zero-order valence-corrected chi connectivity index (χ0v) is 11.8. The number of aliphatic carboxylic acids is 1. The standard InChI is InChI=1S/C13H22N2O5/c1-19-8-10-2-3-14(7-10)13(18)15-4-5-20-9-11(15)6-12(16)17/h10-11H,2-9H2,1H3,(H,16,17). The Morgan fingerprint density at radius 2 is 2.20 bits per heavy atom. The maximum absolute atomic E-state index is 12.5. The molecule has 0 radical (unpaired) electrons. The summed E-state index contributed by atoms with van der Waals surface area (Å²) in [5.41, 5.74) is 0. The van der Waals surface area contributed by atoms with E-state index in [4.69, 9.17) is 14.6 Å². The molecule has 7 nitrogen and oxygen atoms in total. The highest BCUT2D eigenvalue weighted by Gasteiger charge is 2.34. The van der Waals surface area contributed by atoms with Gasteiger partial charge in [0.25, 0.3) is 0 Å². The van der Waals surface area contributed by atoms with Crippen molar-refractivity contribution in [3.05, 3.63) is 0 Å². The summed E-state index contributed by atoms with van der Waals surface area (Å²) in [7, 11) is 1.66. The van der Waals surface area contributed by atoms with Gasteiger partial charge in [-0.2, -0.15) is 0 Å². The van der Waals surface area contributed by atoms with Crippen LogP contribution in [0.4, 0.5) is 4.79 Å². The number of rotatable bonds is 4. The molecule has 0 aromatic heterocycles. The van der Waals surface area contributed by atoms with Crippen molar-refractivity contribution in [1.29, 1.82) is 0 Å². The number of nitrogens with zero attached hydrogens (tertiary/aromatic N) is 2. The minimum absolute atomic E-state index is 0.0684. The highest BCUT2D eigenvalue weighted by Crippen LogP contribution is 2.20. The Morgan fingerprint density at radius 3 is 2.90 bits per heavy atom. The molecular formula is C13H22N2O5. The normalized spacial score (nSPS) is 26.9. The number of hydrogen-bond donors (Lipinski definition) is 1. The minimum atomic E-state index is -0.906. The van der Waals surface area contributed by atoms with Crippen LogP contribution in [0.1, 0.15) is 12.8 Å². The van der Waals surface area contributed by atoms with Crippen LogP contribution in [0.5, 0.6) is 0 Å². The summed E-state index contributed by atoms with van der Waals surface area (Å²) in [4.78, 5) is 26.8. The third-order valence-corrected chi connectivity index (χ3v) is 3.84. The highest BCUT2D eigenvalue weighted by atomic mass is 16.5. The van der Waals surface area contributed by atoms with Gasteiger partial charge in [-0.25, -0.2) is 4.79 Å². The first-order valence-electron chi connectivity index (χ1n) is 6.96. The number of amides is 2. The lowest BCUT2D eigenvalue weighted by Crippen LogP contribution is -2.53. The fraction of sp³-hybridized carbons (Fsp3) is 0.846. The molecule has 114 valence electrons. The van der Waals surface area contributed by atoms with Gasteiger partial charge in [0.2, 0.25) is 0 Å². The zero-order chi connectivity index (χ0) is 14.5. The Balaban J connectivity index is 1.94. The Morgan fingerprint density at radius 1 is 1.40 bits per heavy atom. The van der Waals surface area contributed by atoms with E-state index < -0.39 is 5.97 Å². The van der Waals surface area contributed by atoms with Gasteiger partial charge in [-0.3, -0.25) is 4.79 Å². The average Bonchev–Trinajstić information content (AvgIpc) is 2.87. The molecule has 0 spiro atoms. The second kappa shape index (κ2) is 6.90. The van der Waals surface area contributed by atoms with Crippen LogP contribution in [0.15, 0.2) is 0 Å². The predicted molar refractivity (Wildman–Crippen MR) is 70.5 cm³/mol. The number of carboxylic acid groups (broad SMARTS) is 1. The van der Waals surface area contributed by atoms with Crippen LogP contribution in [-0.2, 0) is 14.3 Å². The van der Waals surface area contributed by atoms with E-state index in [-0.39, 0.29) is 18.5 Å². The number of carboxylic acids is 1. The van der Waals surface area contributed by atoms with Crippen molar-refractivity contribution >= 4 is 12.0 Å². The number of hydrogen-bond acceptors (Lipinski definition) is 4. The Bertz CT molecular complexity index is 363. The molecule has 0 aliphatic carbocycles. The van der Waals surface area contributed by atoms with Crippen LogP contribution < -0.4 is 0 Å². The first-order chi connectivity index (χ1) is 9.61. The van der Waals surface area contributed by atoms with Gasteiger partial charge < -0.3 is 24.4 Å². The van der Waals surface area contributed by atoms with Crippen LogP contribution >= 0.6 is 0 Å². The second-order valence-electron chi connectivity index (χ2n) is 5.36. The number of urea groups is 1. The first kappa shape index (κ1) is 15.1. The molecule has 2 heterocycles. The van der Waals surface area contributed by atoms with Crippen molar-refractivity contribution in [2.75, 3.05) is 46.6 Å². The van der Waals surface area contributed by atoms with E-state index in [0.29, 0.717) is 45.4 Å². The molecule has 2 unspecified atom stereocenters. The van der Waals surface area contributed by atoms with Crippen LogP contribution in [0.3, 0.4) is 0 Å². The summed E-state index contributed by atoms with van der Waals surface area (Å²) in [5.74, 6) is -0.528. The molecule has 0 aromatic carbocycles. The maximum Gasteiger partial charge on any atom is 0.320 e. The van der Waals surface area contributed by atoms with E-state index in [1.165, 1.54) is 0 Å². The number of morpholine rings is 1. The molecule has 2 aliphatic rings. The molecule has 7 heteroatoms. The molecule has 2 rings (SSSR count). The number of ether oxygens (including phenoxy) is 2. The highest BCUT2D eigenvalue weighted by molar-refractivity contribution is 5.76. The average molecular weight is 286 g/mol. The van der Waals surface area contributed by atoms with Crippen LogP contribution in [-0.4, -0.2) is 79.5 Å². The molecule has 1 N–H and O–H groups in total. The number of methoxy groups -OCH3 is 1. The van der Waals surface area contributed by atoms with Crippen LogP contribution in [0.2, 0.25) is 0 Å². The molecule has 0 aromatic rings. The Labute approximate surface area is 118 Å². The van der Waals surface area contributed by atoms with Crippen molar-refractivity contribution in [3.63, 3.8) is 0 Å². The lowest BCUT2D eigenvalue weighted by molar-refractivity contribution is -0.139. The van der Waals surface area contributed by atoms with Gasteiger partial charge in [0.15, 0.2) is 0 Å². The van der Waals surface area contributed by atoms with E-state index in [0.717, 1.165) is 6.42 Å². The minimum Gasteiger partial charge on any atom is -0.481 e. The fourth-order valence-corrected chi connectivity index (χ4v) is 2.84. The number of carbonyl (C=O) groups excluding carboxylic acids is 1. The van der Waals surface area contributed by atoms with Gasteiger partial charge in [-0.1, -0.05) is 0 Å². The van der Waals surface area contributed by atoms with E-state index in [2.05, 4.69) is 0 Å². The topological polar surface area (TPSA) is 79.3 Å². The van der Waals surface area contributed by atoms with Gasteiger partial charge in [-0.05, 0) is 6.42 Å². The maximum atomic E-state index is 12.5. The molecular weight excluding hydrogens is 264 g/mol. The second-order valence-corrected chi connectivity index (χ2v) is 5.36. The molecule has 0 saturated carbocycles. The monoisotopic (exact) mass is 286 g/mol. The third kappa shape index (κ3) is 3.61. The van der Waals surface area contributed by atoms with Crippen LogP contribution in [0, 0.1) is 5.92 Å². The van der Waals surface area contributed by atoms with Crippen LogP contribution in [0.25, 0.3) is 0 Å². The first-order valence-corrected chi connectivity index (χ1v) is 6.96. The fourth-order valence-electron chi connectivity index (χ4n) is 2.84. The molecule has 0 bridgehead atoms. The number of carbonyl (C=O) groups is 2. The smallest absolute Gasteiger partial charge is 0.320 e. The van der Waals surface area contributed by atoms with Gasteiger partial charge in [0.05, 0.1) is 32.3 Å². The molecule has 2 amide bonds. The van der Waals surface area contributed by atoms with Crippen molar-refractivity contribution in [1.82, 2.24) is 9.80 Å². The number of likely N-dealkylation sites (tertiary alicyclic amines) is 1. The van der Waals surface area contributed by atoms with E-state index >= 15 is 0 Å². The van der Waals surface area contributed by atoms with Gasteiger partial charge >= 0.3 is 12.0 Å². The van der Waals surface area contributed by atoms with E-state index in [9.17, 15) is 9.59 Å². The summed E-state index contributed by atoms with van der Waals surface area (Å²) in [6, 6.07) is -0.437. The quantitative estimate of drug-likeness (QED) is 0.801. The lowest BCUT2D eigenvalue weighted by atomic mass is 10.1. The molecule has 2 fully saturated rings. The van der Waals surface area contributed by atoms with Gasteiger partial charge in [0.1, 0.15) is 0 Å². The zero-order valence-electron chi connectivity index (χ0n) is 11.8. The lowest BCUT2D eigenvalue weighted by Gasteiger charge is -2.37. The van der Waals surface area contributed by atoms with E-state index in [1.54, 1.807) is 16.9 Å². The molecule has 2 atom stereocenters. The third-order valence-electron chi connectivity index (χ3n) is 3.84. The van der Waals surface area contributed by atoms with Crippen molar-refractivity contribution in [2.24, 2.45) is 5.92 Å². The summed E-state index contributed by atoms with van der Waals surface area (Å²) < 4.78 is 10.4. The van der Waals surface area contributed by atoms with Gasteiger partial charge in [-0.15, -0.1) is 0 Å². The van der Waals surface area contributed by atoms with Gasteiger partial charge in [0, 0.05) is 32.7 Å². The SMILES string of the molecule is COCC1CCN(C(=O)N2CCOCC2CC(=O)O)C1.